The molecule has 0 radical (unpaired) electrons. The molecule has 0 aliphatic carbocycles. The largest absolute Gasteiger partial charge is 0.464 e. The number of oxime groups is 2. The lowest BCUT2D eigenvalue weighted by atomic mass is 10.0. The fourth-order valence-corrected chi connectivity index (χ4v) is 2.44. The SMILES string of the molecule is COC/C(C#Cc1ccc(C)cc1)=N\OCc1ccccc1/C(=N\OC)C(=O)OC. The van der Waals surface area contributed by atoms with Gasteiger partial charge in [-0.05, 0) is 25.0 Å². The Bertz CT molecular complexity index is 969. The van der Waals surface area contributed by atoms with Crippen LogP contribution in [0.2, 0.25) is 0 Å². The van der Waals surface area contributed by atoms with Crippen molar-refractivity contribution in [1.82, 2.24) is 0 Å². The molecule has 30 heavy (non-hydrogen) atoms. The van der Waals surface area contributed by atoms with Gasteiger partial charge in [-0.15, -0.1) is 0 Å². The molecular formula is C23H24N2O5. The molecule has 0 spiro atoms. The van der Waals surface area contributed by atoms with Crippen molar-refractivity contribution in [3.05, 3.63) is 70.8 Å². The molecule has 7 heteroatoms. The Morgan fingerprint density at radius 1 is 1.00 bits per heavy atom. The van der Waals surface area contributed by atoms with Crippen molar-refractivity contribution in [3.63, 3.8) is 0 Å². The van der Waals surface area contributed by atoms with Gasteiger partial charge >= 0.3 is 5.97 Å². The summed E-state index contributed by atoms with van der Waals surface area (Å²) in [7, 11) is 4.19. The zero-order chi connectivity index (χ0) is 21.8. The average molecular weight is 408 g/mol. The summed E-state index contributed by atoms with van der Waals surface area (Å²) in [5.74, 6) is 5.38. The van der Waals surface area contributed by atoms with E-state index in [1.807, 2.05) is 37.3 Å². The first-order valence-electron chi connectivity index (χ1n) is 9.13. The molecule has 156 valence electrons. The van der Waals surface area contributed by atoms with Gasteiger partial charge in [-0.25, -0.2) is 4.79 Å². The van der Waals surface area contributed by atoms with E-state index in [0.717, 1.165) is 11.1 Å². The number of hydrogen-bond acceptors (Lipinski definition) is 7. The monoisotopic (exact) mass is 408 g/mol. The molecule has 0 heterocycles. The highest BCUT2D eigenvalue weighted by Gasteiger charge is 2.19. The Balaban J connectivity index is 2.18. The van der Waals surface area contributed by atoms with Gasteiger partial charge in [0.25, 0.3) is 0 Å². The summed E-state index contributed by atoms with van der Waals surface area (Å²) in [6, 6.07) is 15.0. The Morgan fingerprint density at radius 2 is 1.73 bits per heavy atom. The van der Waals surface area contributed by atoms with Crippen LogP contribution < -0.4 is 0 Å². The second-order valence-corrected chi connectivity index (χ2v) is 6.13. The van der Waals surface area contributed by atoms with Crippen molar-refractivity contribution in [2.75, 3.05) is 27.9 Å². The van der Waals surface area contributed by atoms with Crippen LogP contribution in [0.1, 0.15) is 22.3 Å². The summed E-state index contributed by atoms with van der Waals surface area (Å²) >= 11 is 0. The fraction of sp³-hybridized carbons (Fsp3) is 0.261. The standard InChI is InChI=1S/C23H24N2O5/c1-17-9-11-18(12-10-17)13-14-20(16-27-2)24-30-15-19-7-5-6-8-21(19)22(25-29-4)23(26)28-3/h5-12H,15-16H2,1-4H3/b24-20-,25-22+. The van der Waals surface area contributed by atoms with Crippen LogP contribution in [0.15, 0.2) is 58.8 Å². The topological polar surface area (TPSA) is 78.7 Å². The Morgan fingerprint density at radius 3 is 2.40 bits per heavy atom. The first-order valence-corrected chi connectivity index (χ1v) is 9.13. The van der Waals surface area contributed by atoms with E-state index >= 15 is 0 Å². The minimum Gasteiger partial charge on any atom is -0.464 e. The van der Waals surface area contributed by atoms with Gasteiger partial charge < -0.3 is 19.1 Å². The zero-order valence-corrected chi connectivity index (χ0v) is 17.5. The third-order valence-corrected chi connectivity index (χ3v) is 3.91. The van der Waals surface area contributed by atoms with Gasteiger partial charge in [0.2, 0.25) is 0 Å². The summed E-state index contributed by atoms with van der Waals surface area (Å²) in [4.78, 5) is 22.3. The van der Waals surface area contributed by atoms with Crippen LogP contribution in [0.3, 0.4) is 0 Å². The van der Waals surface area contributed by atoms with E-state index in [9.17, 15) is 4.79 Å². The van der Waals surface area contributed by atoms with Crippen LogP contribution in [0, 0.1) is 18.8 Å². The van der Waals surface area contributed by atoms with Crippen LogP contribution >= 0.6 is 0 Å². The second-order valence-electron chi connectivity index (χ2n) is 6.13. The highest BCUT2D eigenvalue weighted by atomic mass is 16.6. The van der Waals surface area contributed by atoms with Gasteiger partial charge in [-0.3, -0.25) is 0 Å². The number of aryl methyl sites for hydroxylation is 1. The molecule has 2 rings (SSSR count). The summed E-state index contributed by atoms with van der Waals surface area (Å²) in [5.41, 5.74) is 3.73. The molecule has 0 fully saturated rings. The minimum absolute atomic E-state index is 0.0412. The molecule has 0 atom stereocenters. The van der Waals surface area contributed by atoms with E-state index in [-0.39, 0.29) is 18.9 Å². The highest BCUT2D eigenvalue weighted by Crippen LogP contribution is 2.13. The number of hydrogen-bond donors (Lipinski definition) is 0. The predicted octanol–water partition coefficient (Wildman–Crippen LogP) is 3.09. The molecule has 0 aromatic heterocycles. The average Bonchev–Trinajstić information content (AvgIpc) is 2.77. The molecule has 0 bridgehead atoms. The molecule has 0 saturated heterocycles. The number of esters is 1. The maximum atomic E-state index is 12.0. The zero-order valence-electron chi connectivity index (χ0n) is 17.5. The summed E-state index contributed by atoms with van der Waals surface area (Å²) < 4.78 is 9.92. The highest BCUT2D eigenvalue weighted by molar-refractivity contribution is 6.43. The van der Waals surface area contributed by atoms with Gasteiger partial charge in [0.15, 0.2) is 11.4 Å². The third-order valence-electron chi connectivity index (χ3n) is 3.91. The Hall–Kier alpha value is -3.63. The fourth-order valence-electron chi connectivity index (χ4n) is 2.44. The molecule has 0 aliphatic rings. The quantitative estimate of drug-likeness (QED) is 0.290. The Kier molecular flexibility index (Phi) is 9.10. The number of ether oxygens (including phenoxy) is 2. The minimum atomic E-state index is -0.614. The molecule has 0 amide bonds. The van der Waals surface area contributed by atoms with Crippen LogP contribution in [-0.4, -0.2) is 45.3 Å². The van der Waals surface area contributed by atoms with Crippen LogP contribution in [0.25, 0.3) is 0 Å². The van der Waals surface area contributed by atoms with Gasteiger partial charge in [0.05, 0.1) is 13.7 Å². The van der Waals surface area contributed by atoms with Crippen molar-refractivity contribution >= 4 is 17.4 Å². The molecule has 7 nitrogen and oxygen atoms in total. The molecule has 0 aliphatic heterocycles. The van der Waals surface area contributed by atoms with E-state index in [0.29, 0.717) is 16.8 Å². The number of nitrogens with zero attached hydrogens (tertiary/aromatic N) is 2. The Labute approximate surface area is 176 Å². The maximum Gasteiger partial charge on any atom is 0.360 e. The van der Waals surface area contributed by atoms with E-state index in [2.05, 4.69) is 22.2 Å². The lowest BCUT2D eigenvalue weighted by Crippen LogP contribution is -2.19. The predicted molar refractivity (Wildman–Crippen MR) is 114 cm³/mol. The molecule has 2 aromatic carbocycles. The smallest absolute Gasteiger partial charge is 0.360 e. The molecular weight excluding hydrogens is 384 g/mol. The van der Waals surface area contributed by atoms with E-state index < -0.39 is 5.97 Å². The van der Waals surface area contributed by atoms with E-state index in [4.69, 9.17) is 19.1 Å². The maximum absolute atomic E-state index is 12.0. The van der Waals surface area contributed by atoms with Crippen LogP contribution in [0.5, 0.6) is 0 Å². The van der Waals surface area contributed by atoms with E-state index in [1.165, 1.54) is 14.2 Å². The van der Waals surface area contributed by atoms with Crippen molar-refractivity contribution in [1.29, 1.82) is 0 Å². The van der Waals surface area contributed by atoms with Crippen molar-refractivity contribution < 1.29 is 23.9 Å². The number of carbonyl (C=O) groups is 1. The van der Waals surface area contributed by atoms with Crippen molar-refractivity contribution in [2.45, 2.75) is 13.5 Å². The number of benzene rings is 2. The van der Waals surface area contributed by atoms with E-state index in [1.54, 1.807) is 25.3 Å². The molecule has 0 N–H and O–H groups in total. The number of rotatable bonds is 8. The lowest BCUT2D eigenvalue weighted by molar-refractivity contribution is -0.132. The summed E-state index contributed by atoms with van der Waals surface area (Å²) in [6.07, 6.45) is 0. The first kappa shape index (κ1) is 22.7. The van der Waals surface area contributed by atoms with Gasteiger partial charge in [-0.1, -0.05) is 58.2 Å². The van der Waals surface area contributed by atoms with Gasteiger partial charge in [0.1, 0.15) is 13.7 Å². The van der Waals surface area contributed by atoms with Gasteiger partial charge in [-0.2, -0.15) is 0 Å². The number of methoxy groups -OCH3 is 2. The first-order chi connectivity index (χ1) is 14.6. The third kappa shape index (κ3) is 6.76. The molecule has 2 aromatic rings. The normalized spacial score (nSPS) is 11.3. The van der Waals surface area contributed by atoms with Crippen LogP contribution in [0.4, 0.5) is 0 Å². The van der Waals surface area contributed by atoms with Crippen molar-refractivity contribution in [3.8, 4) is 11.8 Å². The van der Waals surface area contributed by atoms with Crippen LogP contribution in [-0.2, 0) is 30.6 Å². The van der Waals surface area contributed by atoms with Crippen molar-refractivity contribution in [2.24, 2.45) is 10.3 Å². The number of carbonyl (C=O) groups excluding carboxylic acids is 1. The second kappa shape index (κ2) is 12.0. The molecule has 0 saturated carbocycles. The summed E-state index contributed by atoms with van der Waals surface area (Å²) in [6.45, 7) is 2.32. The lowest BCUT2D eigenvalue weighted by Gasteiger charge is -2.09. The summed E-state index contributed by atoms with van der Waals surface area (Å²) in [5, 5.41) is 7.86. The van der Waals surface area contributed by atoms with Gasteiger partial charge in [0, 0.05) is 23.8 Å². The molecule has 0 unspecified atom stereocenters.